The Kier molecular flexibility index (Phi) is 5.62. The molecule has 9 heteroatoms. The van der Waals surface area contributed by atoms with Crippen molar-refractivity contribution in [1.29, 1.82) is 0 Å². The van der Waals surface area contributed by atoms with Crippen LogP contribution in [0.4, 0.5) is 5.69 Å². The van der Waals surface area contributed by atoms with Crippen molar-refractivity contribution in [3.05, 3.63) is 69.8 Å². The molecule has 1 aliphatic rings. The molecular formula is C18H17N3O6. The number of amides is 2. The molecule has 0 saturated carbocycles. The van der Waals surface area contributed by atoms with Crippen molar-refractivity contribution in [2.45, 2.75) is 0 Å². The van der Waals surface area contributed by atoms with Crippen LogP contribution in [0.15, 0.2) is 52.8 Å². The fourth-order valence-corrected chi connectivity index (χ4v) is 2.53. The van der Waals surface area contributed by atoms with Crippen LogP contribution in [0.3, 0.4) is 0 Å². The first-order chi connectivity index (χ1) is 13.0. The Balaban J connectivity index is 1.81. The van der Waals surface area contributed by atoms with Crippen LogP contribution in [0.2, 0.25) is 0 Å². The fourth-order valence-electron chi connectivity index (χ4n) is 2.53. The number of carbonyl (C=O) groups excluding carboxylic acids is 2. The number of morpholine rings is 1. The summed E-state index contributed by atoms with van der Waals surface area (Å²) in [7, 11) is 0. The third-order valence-corrected chi connectivity index (χ3v) is 3.95. The lowest BCUT2D eigenvalue weighted by Gasteiger charge is -2.27. The number of ether oxygens (including phenoxy) is 1. The minimum atomic E-state index is -0.552. The van der Waals surface area contributed by atoms with Crippen molar-refractivity contribution in [3.8, 4) is 0 Å². The average Bonchev–Trinajstić information content (AvgIpc) is 3.20. The zero-order chi connectivity index (χ0) is 19.2. The van der Waals surface area contributed by atoms with Gasteiger partial charge in [-0.2, -0.15) is 0 Å². The van der Waals surface area contributed by atoms with Crippen molar-refractivity contribution < 1.29 is 23.7 Å². The fraction of sp³-hybridized carbons (Fsp3) is 0.222. The van der Waals surface area contributed by atoms with E-state index in [1.54, 1.807) is 17.0 Å². The number of hydrogen-bond acceptors (Lipinski definition) is 6. The van der Waals surface area contributed by atoms with E-state index < -0.39 is 10.8 Å². The standard InChI is InChI=1S/C18H17N3O6/c22-17(13-3-5-14(6-4-13)21(24)25)19-16(12-15-2-1-9-27-15)18(23)20-7-10-26-11-8-20/h1-6,9,12H,7-8,10-11H2,(H,19,22)/b16-12-. The second-order valence-corrected chi connectivity index (χ2v) is 5.74. The zero-order valence-corrected chi connectivity index (χ0v) is 14.3. The molecule has 2 amide bonds. The van der Waals surface area contributed by atoms with Crippen molar-refractivity contribution in [2.24, 2.45) is 0 Å². The second-order valence-electron chi connectivity index (χ2n) is 5.74. The number of non-ortho nitro benzene ring substituents is 1. The van der Waals surface area contributed by atoms with Crippen LogP contribution in [-0.2, 0) is 9.53 Å². The smallest absolute Gasteiger partial charge is 0.270 e. The van der Waals surface area contributed by atoms with E-state index >= 15 is 0 Å². The van der Waals surface area contributed by atoms with Gasteiger partial charge in [-0.25, -0.2) is 0 Å². The lowest BCUT2D eigenvalue weighted by Crippen LogP contribution is -2.44. The van der Waals surface area contributed by atoms with Gasteiger partial charge in [-0.15, -0.1) is 0 Å². The number of furan rings is 1. The molecule has 0 spiro atoms. The summed E-state index contributed by atoms with van der Waals surface area (Å²) in [5.74, 6) is -0.495. The maximum absolute atomic E-state index is 12.8. The van der Waals surface area contributed by atoms with Crippen molar-refractivity contribution >= 4 is 23.6 Å². The summed E-state index contributed by atoms with van der Waals surface area (Å²) in [4.78, 5) is 37.1. The van der Waals surface area contributed by atoms with E-state index in [1.807, 2.05) is 0 Å². The molecular weight excluding hydrogens is 354 g/mol. The number of nitrogens with one attached hydrogen (secondary N) is 1. The molecule has 140 valence electrons. The van der Waals surface area contributed by atoms with E-state index in [4.69, 9.17) is 9.15 Å². The molecule has 1 aromatic heterocycles. The number of carbonyl (C=O) groups is 2. The third-order valence-electron chi connectivity index (χ3n) is 3.95. The van der Waals surface area contributed by atoms with Crippen LogP contribution < -0.4 is 5.32 Å². The number of nitro groups is 1. The van der Waals surface area contributed by atoms with Gasteiger partial charge in [-0.1, -0.05) is 0 Å². The van der Waals surface area contributed by atoms with Crippen molar-refractivity contribution in [2.75, 3.05) is 26.3 Å². The summed E-state index contributed by atoms with van der Waals surface area (Å²) in [6, 6.07) is 8.45. The van der Waals surface area contributed by atoms with Crippen LogP contribution in [0.25, 0.3) is 6.08 Å². The molecule has 0 atom stereocenters. The van der Waals surface area contributed by atoms with E-state index in [9.17, 15) is 19.7 Å². The first-order valence-electron chi connectivity index (χ1n) is 8.22. The lowest BCUT2D eigenvalue weighted by atomic mass is 10.2. The second kappa shape index (κ2) is 8.28. The topological polar surface area (TPSA) is 115 Å². The predicted molar refractivity (Wildman–Crippen MR) is 94.6 cm³/mol. The van der Waals surface area contributed by atoms with Gasteiger partial charge in [0.2, 0.25) is 0 Å². The number of nitrogens with zero attached hydrogens (tertiary/aromatic N) is 2. The molecule has 2 aromatic rings. The SMILES string of the molecule is O=C(N/C(=C\c1ccco1)C(=O)N1CCOCC1)c1ccc([N+](=O)[O-])cc1. The molecule has 1 fully saturated rings. The monoisotopic (exact) mass is 371 g/mol. The molecule has 1 saturated heterocycles. The maximum Gasteiger partial charge on any atom is 0.270 e. The van der Waals surface area contributed by atoms with Gasteiger partial charge in [-0.3, -0.25) is 19.7 Å². The van der Waals surface area contributed by atoms with Gasteiger partial charge < -0.3 is 19.4 Å². The van der Waals surface area contributed by atoms with Crippen LogP contribution in [-0.4, -0.2) is 47.9 Å². The zero-order valence-electron chi connectivity index (χ0n) is 14.3. The lowest BCUT2D eigenvalue weighted by molar-refractivity contribution is -0.384. The molecule has 9 nitrogen and oxygen atoms in total. The third kappa shape index (κ3) is 4.59. The minimum absolute atomic E-state index is 0.0511. The highest BCUT2D eigenvalue weighted by atomic mass is 16.6. The number of hydrogen-bond donors (Lipinski definition) is 1. The first-order valence-corrected chi connectivity index (χ1v) is 8.22. The summed E-state index contributed by atoms with van der Waals surface area (Å²) >= 11 is 0. The Morgan fingerprint density at radius 2 is 1.85 bits per heavy atom. The summed E-state index contributed by atoms with van der Waals surface area (Å²) < 4.78 is 10.5. The number of nitro benzene ring substituents is 1. The maximum atomic E-state index is 12.8. The number of rotatable bonds is 5. The Labute approximate surface area is 154 Å². The highest BCUT2D eigenvalue weighted by Crippen LogP contribution is 2.14. The van der Waals surface area contributed by atoms with E-state index in [0.29, 0.717) is 32.1 Å². The minimum Gasteiger partial charge on any atom is -0.465 e. The van der Waals surface area contributed by atoms with Crippen molar-refractivity contribution in [1.82, 2.24) is 10.2 Å². The largest absolute Gasteiger partial charge is 0.465 e. The molecule has 2 heterocycles. The molecule has 1 aromatic carbocycles. The van der Waals surface area contributed by atoms with Crippen molar-refractivity contribution in [3.63, 3.8) is 0 Å². The molecule has 0 unspecified atom stereocenters. The van der Waals surface area contributed by atoms with E-state index in [0.717, 1.165) is 0 Å². The van der Waals surface area contributed by atoms with E-state index in [2.05, 4.69) is 5.32 Å². The van der Waals surface area contributed by atoms with E-state index in [1.165, 1.54) is 36.6 Å². The Morgan fingerprint density at radius 1 is 1.15 bits per heavy atom. The summed E-state index contributed by atoms with van der Waals surface area (Å²) in [6.45, 7) is 1.69. The first kappa shape index (κ1) is 18.3. The Hall–Kier alpha value is -3.46. The summed E-state index contributed by atoms with van der Waals surface area (Å²) in [6.07, 6.45) is 2.90. The van der Waals surface area contributed by atoms with Gasteiger partial charge in [0.1, 0.15) is 11.5 Å². The molecule has 1 aliphatic heterocycles. The molecule has 1 N–H and O–H groups in total. The van der Waals surface area contributed by atoms with Crippen LogP contribution in [0.5, 0.6) is 0 Å². The highest BCUT2D eigenvalue weighted by Gasteiger charge is 2.23. The van der Waals surface area contributed by atoms with Gasteiger partial charge in [-0.05, 0) is 24.3 Å². The van der Waals surface area contributed by atoms with Gasteiger partial charge in [0.25, 0.3) is 17.5 Å². The van der Waals surface area contributed by atoms with Crippen LogP contribution in [0.1, 0.15) is 16.1 Å². The van der Waals surface area contributed by atoms with Crippen LogP contribution in [0, 0.1) is 10.1 Å². The summed E-state index contributed by atoms with van der Waals surface area (Å²) in [5.41, 5.74) is 0.123. The van der Waals surface area contributed by atoms with Gasteiger partial charge in [0.05, 0.1) is 24.4 Å². The molecule has 27 heavy (non-hydrogen) atoms. The molecule has 0 bridgehead atoms. The van der Waals surface area contributed by atoms with Gasteiger partial charge >= 0.3 is 0 Å². The van der Waals surface area contributed by atoms with Gasteiger partial charge in [0, 0.05) is 36.9 Å². The quantitative estimate of drug-likeness (QED) is 0.487. The molecule has 0 aliphatic carbocycles. The Morgan fingerprint density at radius 3 is 2.44 bits per heavy atom. The molecule has 3 rings (SSSR count). The van der Waals surface area contributed by atoms with E-state index in [-0.39, 0.29) is 22.9 Å². The van der Waals surface area contributed by atoms with Gasteiger partial charge in [0.15, 0.2) is 0 Å². The Bertz CT molecular complexity index is 852. The average molecular weight is 371 g/mol. The molecule has 0 radical (unpaired) electrons. The predicted octanol–water partition coefficient (Wildman–Crippen LogP) is 1.82. The number of benzene rings is 1. The van der Waals surface area contributed by atoms with Crippen LogP contribution >= 0.6 is 0 Å². The normalized spacial score (nSPS) is 14.7. The summed E-state index contributed by atoms with van der Waals surface area (Å²) in [5, 5.41) is 13.3. The highest BCUT2D eigenvalue weighted by molar-refractivity contribution is 6.05.